The number of benzene rings is 1. The van der Waals surface area contributed by atoms with E-state index in [1.807, 2.05) is 6.07 Å². The number of rotatable bonds is 6. The van der Waals surface area contributed by atoms with Gasteiger partial charge in [-0.05, 0) is 30.3 Å². The van der Waals surface area contributed by atoms with E-state index in [1.54, 1.807) is 29.3 Å². The average Bonchev–Trinajstić information content (AvgIpc) is 3.61. The zero-order chi connectivity index (χ0) is 26.7. The molecule has 0 aliphatic carbocycles. The lowest BCUT2D eigenvalue weighted by molar-refractivity contribution is -0.384. The van der Waals surface area contributed by atoms with Crippen LogP contribution in [0.4, 0.5) is 5.69 Å². The van der Waals surface area contributed by atoms with Crippen LogP contribution in [0.5, 0.6) is 0 Å². The van der Waals surface area contributed by atoms with Gasteiger partial charge in [0.1, 0.15) is 11.8 Å². The van der Waals surface area contributed by atoms with Gasteiger partial charge >= 0.3 is 0 Å². The summed E-state index contributed by atoms with van der Waals surface area (Å²) in [7, 11) is 0. The first-order chi connectivity index (χ1) is 18.4. The number of hydrogen-bond donors (Lipinski definition) is 1. The van der Waals surface area contributed by atoms with Crippen molar-refractivity contribution in [2.24, 2.45) is 0 Å². The standard InChI is InChI=1S/C26H25N5O7/c32-23(28-16-19-6-1-2-11-27-19)21-17-38-26(30(21)25(34)22-8-4-14-37-22)9-12-29(13-10-26)24(33)18-5-3-7-20(15-18)31(35)36/h1-8,11,14-15,21H,9-10,12-13,16-17H2,(H,28,32)/t21-/m0/s1. The lowest BCUT2D eigenvalue weighted by atomic mass is 9.96. The number of pyridine rings is 1. The van der Waals surface area contributed by atoms with Crippen molar-refractivity contribution in [2.45, 2.75) is 31.2 Å². The second-order valence-corrected chi connectivity index (χ2v) is 9.06. The van der Waals surface area contributed by atoms with Crippen LogP contribution in [-0.2, 0) is 16.1 Å². The first kappa shape index (κ1) is 25.1. The maximum Gasteiger partial charge on any atom is 0.292 e. The number of non-ortho nitro benzene ring substituents is 1. The van der Waals surface area contributed by atoms with E-state index in [0.717, 1.165) is 0 Å². The summed E-state index contributed by atoms with van der Waals surface area (Å²) in [5, 5.41) is 13.9. The molecule has 2 aliphatic heterocycles. The highest BCUT2D eigenvalue weighted by atomic mass is 16.6. The number of piperidine rings is 1. The SMILES string of the molecule is O=C(NCc1ccccn1)[C@@H]1COC2(CCN(C(=O)c3cccc([N+](=O)[O-])c3)CC2)N1C(=O)c1ccco1. The van der Waals surface area contributed by atoms with Crippen LogP contribution in [-0.4, -0.2) is 68.9 Å². The Kier molecular flexibility index (Phi) is 6.88. The van der Waals surface area contributed by atoms with Gasteiger partial charge in [-0.25, -0.2) is 0 Å². The third-order valence-corrected chi connectivity index (χ3v) is 6.82. The zero-order valence-electron chi connectivity index (χ0n) is 20.3. The number of nitro groups is 1. The van der Waals surface area contributed by atoms with Gasteiger partial charge in [0.05, 0.1) is 30.0 Å². The van der Waals surface area contributed by atoms with Gasteiger partial charge in [0.2, 0.25) is 5.91 Å². The number of ether oxygens (including phenoxy) is 1. The highest BCUT2D eigenvalue weighted by Gasteiger charge is 2.54. The molecule has 2 aliphatic rings. The van der Waals surface area contributed by atoms with Crippen LogP contribution >= 0.6 is 0 Å². The lowest BCUT2D eigenvalue weighted by Crippen LogP contribution is -2.59. The Labute approximate surface area is 217 Å². The number of amides is 3. The molecule has 1 atom stereocenters. The summed E-state index contributed by atoms with van der Waals surface area (Å²) in [5.74, 6) is -1.14. The molecule has 0 radical (unpaired) electrons. The monoisotopic (exact) mass is 519 g/mol. The molecule has 1 aromatic carbocycles. The first-order valence-electron chi connectivity index (χ1n) is 12.1. The minimum Gasteiger partial charge on any atom is -0.459 e. The molecule has 3 amide bonds. The van der Waals surface area contributed by atoms with E-state index in [1.165, 1.54) is 41.5 Å². The molecule has 5 rings (SSSR count). The Morgan fingerprint density at radius 2 is 1.89 bits per heavy atom. The number of carbonyl (C=O) groups is 3. The average molecular weight is 520 g/mol. The summed E-state index contributed by atoms with van der Waals surface area (Å²) in [5.41, 5.74) is -0.404. The van der Waals surface area contributed by atoms with Crippen molar-refractivity contribution in [2.75, 3.05) is 19.7 Å². The van der Waals surface area contributed by atoms with E-state index in [2.05, 4.69) is 10.3 Å². The molecule has 12 nitrogen and oxygen atoms in total. The second-order valence-electron chi connectivity index (χ2n) is 9.06. The van der Waals surface area contributed by atoms with Crippen LogP contribution in [0.25, 0.3) is 0 Å². The van der Waals surface area contributed by atoms with E-state index in [4.69, 9.17) is 9.15 Å². The summed E-state index contributed by atoms with van der Waals surface area (Å²) >= 11 is 0. The normalized spacial score (nSPS) is 18.4. The van der Waals surface area contributed by atoms with Crippen LogP contribution < -0.4 is 5.32 Å². The molecule has 4 heterocycles. The van der Waals surface area contributed by atoms with E-state index >= 15 is 0 Å². The second kappa shape index (κ2) is 10.4. The third kappa shape index (κ3) is 4.85. The van der Waals surface area contributed by atoms with Crippen molar-refractivity contribution in [1.29, 1.82) is 0 Å². The van der Waals surface area contributed by atoms with Gasteiger partial charge in [0.25, 0.3) is 17.5 Å². The molecule has 0 bridgehead atoms. The highest BCUT2D eigenvalue weighted by molar-refractivity contribution is 5.97. The van der Waals surface area contributed by atoms with Gasteiger partial charge in [0.15, 0.2) is 5.76 Å². The van der Waals surface area contributed by atoms with E-state index < -0.39 is 22.6 Å². The Bertz CT molecular complexity index is 1340. The molecule has 196 valence electrons. The lowest BCUT2D eigenvalue weighted by Gasteiger charge is -2.44. The highest BCUT2D eigenvalue weighted by Crippen LogP contribution is 2.39. The molecule has 38 heavy (non-hydrogen) atoms. The summed E-state index contributed by atoms with van der Waals surface area (Å²) in [6.07, 6.45) is 3.52. The van der Waals surface area contributed by atoms with Gasteiger partial charge in [-0.3, -0.25) is 34.4 Å². The molecule has 0 saturated carbocycles. The van der Waals surface area contributed by atoms with Crippen molar-refractivity contribution in [3.63, 3.8) is 0 Å². The quantitative estimate of drug-likeness (QED) is 0.386. The molecule has 2 saturated heterocycles. The molecule has 12 heteroatoms. The maximum atomic E-state index is 13.5. The van der Waals surface area contributed by atoms with Crippen molar-refractivity contribution < 1.29 is 28.5 Å². The van der Waals surface area contributed by atoms with Crippen LogP contribution in [0.2, 0.25) is 0 Å². The van der Waals surface area contributed by atoms with Crippen molar-refractivity contribution in [1.82, 2.24) is 20.1 Å². The molecular weight excluding hydrogens is 494 g/mol. The molecule has 2 fully saturated rings. The van der Waals surface area contributed by atoms with Crippen LogP contribution in [0.1, 0.15) is 39.4 Å². The topological polar surface area (TPSA) is 148 Å². The Balaban J connectivity index is 1.33. The van der Waals surface area contributed by atoms with Gasteiger partial charge < -0.3 is 19.4 Å². The summed E-state index contributed by atoms with van der Waals surface area (Å²) in [6, 6.07) is 13.2. The number of carbonyl (C=O) groups excluding carboxylic acids is 3. The molecule has 1 spiro atoms. The van der Waals surface area contributed by atoms with Crippen LogP contribution in [0.15, 0.2) is 71.5 Å². The maximum absolute atomic E-state index is 13.5. The van der Waals surface area contributed by atoms with Crippen LogP contribution in [0, 0.1) is 10.1 Å². The van der Waals surface area contributed by atoms with Gasteiger partial charge in [-0.2, -0.15) is 0 Å². The number of likely N-dealkylation sites (tertiary alicyclic amines) is 1. The predicted octanol–water partition coefficient (Wildman–Crippen LogP) is 2.37. The molecular formula is C26H25N5O7. The first-order valence-corrected chi connectivity index (χ1v) is 12.1. The number of aromatic nitrogens is 1. The number of furan rings is 1. The largest absolute Gasteiger partial charge is 0.459 e. The molecule has 1 N–H and O–H groups in total. The third-order valence-electron chi connectivity index (χ3n) is 6.82. The van der Waals surface area contributed by atoms with E-state index in [-0.39, 0.29) is 67.9 Å². The van der Waals surface area contributed by atoms with Crippen LogP contribution in [0.3, 0.4) is 0 Å². The smallest absolute Gasteiger partial charge is 0.292 e. The number of nitrogens with one attached hydrogen (secondary N) is 1. The van der Waals surface area contributed by atoms with Crippen molar-refractivity contribution in [3.8, 4) is 0 Å². The Hall–Kier alpha value is -4.58. The van der Waals surface area contributed by atoms with Gasteiger partial charge in [0, 0.05) is 49.8 Å². The van der Waals surface area contributed by atoms with Crippen molar-refractivity contribution in [3.05, 3.63) is 94.2 Å². The Morgan fingerprint density at radius 3 is 2.58 bits per heavy atom. The molecule has 2 aromatic heterocycles. The molecule has 3 aromatic rings. The minimum atomic E-state index is -1.11. The van der Waals surface area contributed by atoms with E-state index in [9.17, 15) is 24.5 Å². The summed E-state index contributed by atoms with van der Waals surface area (Å²) < 4.78 is 11.5. The molecule has 0 unspecified atom stereocenters. The van der Waals surface area contributed by atoms with Gasteiger partial charge in [-0.1, -0.05) is 12.1 Å². The number of hydrogen-bond acceptors (Lipinski definition) is 8. The predicted molar refractivity (Wildman–Crippen MR) is 132 cm³/mol. The fourth-order valence-electron chi connectivity index (χ4n) is 4.88. The van der Waals surface area contributed by atoms with E-state index in [0.29, 0.717) is 5.69 Å². The fourth-order valence-corrected chi connectivity index (χ4v) is 4.88. The summed E-state index contributed by atoms with van der Waals surface area (Å²) in [4.78, 5) is 57.6. The zero-order valence-corrected chi connectivity index (χ0v) is 20.3. The number of nitrogens with zero attached hydrogens (tertiary/aromatic N) is 4. The Morgan fingerprint density at radius 1 is 1.08 bits per heavy atom. The fraction of sp³-hybridized carbons (Fsp3) is 0.308. The number of nitro benzene ring substituents is 1. The van der Waals surface area contributed by atoms with Crippen molar-refractivity contribution >= 4 is 23.4 Å². The van der Waals surface area contributed by atoms with Gasteiger partial charge in [-0.15, -0.1) is 0 Å². The minimum absolute atomic E-state index is 0.0146. The summed E-state index contributed by atoms with van der Waals surface area (Å²) in [6.45, 7) is 0.633.